The summed E-state index contributed by atoms with van der Waals surface area (Å²) in [6, 6.07) is 3.88. The van der Waals surface area contributed by atoms with E-state index in [0.29, 0.717) is 18.3 Å². The number of hydrogen-bond acceptors (Lipinski definition) is 5. The highest BCUT2D eigenvalue weighted by molar-refractivity contribution is 5.49. The minimum Gasteiger partial charge on any atom is -0.338 e. The van der Waals surface area contributed by atoms with Crippen molar-refractivity contribution in [2.45, 2.75) is 39.0 Å². The Balaban J connectivity index is 2.38. The molecule has 0 unspecified atom stereocenters. The van der Waals surface area contributed by atoms with Gasteiger partial charge in [-0.1, -0.05) is 19.0 Å². The molecule has 0 atom stereocenters. The first-order valence-corrected chi connectivity index (χ1v) is 6.62. The third kappa shape index (κ3) is 2.51. The van der Waals surface area contributed by atoms with Gasteiger partial charge in [0.05, 0.1) is 5.41 Å². The van der Waals surface area contributed by atoms with Crippen LogP contribution in [0.3, 0.4) is 0 Å². The van der Waals surface area contributed by atoms with E-state index in [1.807, 2.05) is 19.1 Å². The van der Waals surface area contributed by atoms with E-state index in [2.05, 4.69) is 29.0 Å². The number of aryl methyl sites for hydroxylation is 1. The molecule has 0 aromatic carbocycles. The minimum atomic E-state index is -0.227. The van der Waals surface area contributed by atoms with Gasteiger partial charge in [0.2, 0.25) is 11.7 Å². The predicted octanol–water partition coefficient (Wildman–Crippen LogP) is 2.46. The maximum Gasteiger partial charge on any atom is 0.234 e. The molecule has 0 aliphatic carbocycles. The molecule has 2 aromatic heterocycles. The summed E-state index contributed by atoms with van der Waals surface area (Å²) in [5.41, 5.74) is 7.51. The quantitative estimate of drug-likeness (QED) is 0.893. The zero-order valence-corrected chi connectivity index (χ0v) is 11.7. The van der Waals surface area contributed by atoms with Gasteiger partial charge in [-0.25, -0.2) is 0 Å². The van der Waals surface area contributed by atoms with Crippen LogP contribution in [0, 0.1) is 6.92 Å². The number of aromatic nitrogens is 3. The summed E-state index contributed by atoms with van der Waals surface area (Å²) in [5.74, 6) is 1.14. The van der Waals surface area contributed by atoms with Crippen LogP contribution in [0.1, 0.15) is 38.1 Å². The Kier molecular flexibility index (Phi) is 3.95. The van der Waals surface area contributed by atoms with Crippen LogP contribution in [0.25, 0.3) is 11.5 Å². The molecule has 102 valence electrons. The highest BCUT2D eigenvalue weighted by Crippen LogP contribution is 2.30. The molecule has 0 fully saturated rings. The van der Waals surface area contributed by atoms with Crippen molar-refractivity contribution in [3.8, 4) is 11.5 Å². The summed E-state index contributed by atoms with van der Waals surface area (Å²) in [6.45, 7) is 6.69. The summed E-state index contributed by atoms with van der Waals surface area (Å²) >= 11 is 0. The molecule has 0 aliphatic rings. The Morgan fingerprint density at radius 1 is 1.32 bits per heavy atom. The maximum atomic E-state index is 5.89. The van der Waals surface area contributed by atoms with Crippen LogP contribution in [-0.4, -0.2) is 21.7 Å². The van der Waals surface area contributed by atoms with Gasteiger partial charge in [0.1, 0.15) is 5.69 Å². The lowest BCUT2D eigenvalue weighted by Gasteiger charge is -2.24. The lowest BCUT2D eigenvalue weighted by atomic mass is 9.82. The van der Waals surface area contributed by atoms with E-state index in [4.69, 9.17) is 10.3 Å². The number of nitrogens with two attached hydrogens (primary N) is 1. The minimum absolute atomic E-state index is 0.227. The molecular formula is C14H20N4O. The Hall–Kier alpha value is -1.75. The van der Waals surface area contributed by atoms with Gasteiger partial charge >= 0.3 is 0 Å². The van der Waals surface area contributed by atoms with Crippen molar-refractivity contribution in [2.24, 2.45) is 5.73 Å². The van der Waals surface area contributed by atoms with E-state index in [0.717, 1.165) is 24.1 Å². The van der Waals surface area contributed by atoms with Gasteiger partial charge in [0.25, 0.3) is 0 Å². The van der Waals surface area contributed by atoms with Crippen LogP contribution >= 0.6 is 0 Å². The first kappa shape index (κ1) is 13.7. The fourth-order valence-electron chi connectivity index (χ4n) is 2.13. The Bertz CT molecular complexity index is 538. The molecule has 5 heteroatoms. The topological polar surface area (TPSA) is 77.8 Å². The summed E-state index contributed by atoms with van der Waals surface area (Å²) in [6.07, 6.45) is 3.50. The number of rotatable bonds is 5. The molecule has 2 rings (SSSR count). The summed E-state index contributed by atoms with van der Waals surface area (Å²) in [7, 11) is 0. The lowest BCUT2D eigenvalue weighted by molar-refractivity contribution is 0.267. The Morgan fingerprint density at radius 3 is 2.63 bits per heavy atom. The van der Waals surface area contributed by atoms with Crippen molar-refractivity contribution < 1.29 is 4.52 Å². The summed E-state index contributed by atoms with van der Waals surface area (Å²) in [5, 5.41) is 4.03. The average Bonchev–Trinajstić information content (AvgIpc) is 2.92. The Labute approximate surface area is 113 Å². The fraction of sp³-hybridized carbons (Fsp3) is 0.500. The number of pyridine rings is 1. The molecule has 0 saturated heterocycles. The normalized spacial score (nSPS) is 11.8. The SMILES string of the molecule is CCC(CC)(CN)c1nc(-c2cc(C)ccn2)no1. The first-order chi connectivity index (χ1) is 9.15. The molecule has 5 nitrogen and oxygen atoms in total. The van der Waals surface area contributed by atoms with Crippen LogP contribution < -0.4 is 5.73 Å². The van der Waals surface area contributed by atoms with Crippen molar-refractivity contribution in [3.63, 3.8) is 0 Å². The smallest absolute Gasteiger partial charge is 0.234 e. The predicted molar refractivity (Wildman–Crippen MR) is 73.6 cm³/mol. The molecular weight excluding hydrogens is 240 g/mol. The molecule has 2 heterocycles. The third-order valence-corrected chi connectivity index (χ3v) is 3.77. The first-order valence-electron chi connectivity index (χ1n) is 6.62. The lowest BCUT2D eigenvalue weighted by Crippen LogP contribution is -2.34. The number of nitrogens with zero attached hydrogens (tertiary/aromatic N) is 3. The molecule has 2 aromatic rings. The van der Waals surface area contributed by atoms with Crippen molar-refractivity contribution in [2.75, 3.05) is 6.54 Å². The second-order valence-corrected chi connectivity index (χ2v) is 4.83. The molecule has 0 aliphatic heterocycles. The van der Waals surface area contributed by atoms with Gasteiger partial charge in [-0.05, 0) is 37.5 Å². The number of hydrogen-bond donors (Lipinski definition) is 1. The van der Waals surface area contributed by atoms with Crippen LogP contribution in [0.2, 0.25) is 0 Å². The second-order valence-electron chi connectivity index (χ2n) is 4.83. The summed E-state index contributed by atoms with van der Waals surface area (Å²) < 4.78 is 5.42. The zero-order chi connectivity index (χ0) is 13.9. The molecule has 0 spiro atoms. The van der Waals surface area contributed by atoms with Crippen LogP contribution in [-0.2, 0) is 5.41 Å². The molecule has 0 amide bonds. The molecule has 0 bridgehead atoms. The molecule has 0 radical (unpaired) electrons. The van der Waals surface area contributed by atoms with Crippen molar-refractivity contribution >= 4 is 0 Å². The van der Waals surface area contributed by atoms with Gasteiger partial charge in [0.15, 0.2) is 0 Å². The molecule has 19 heavy (non-hydrogen) atoms. The van der Waals surface area contributed by atoms with Gasteiger partial charge in [-0.15, -0.1) is 0 Å². The monoisotopic (exact) mass is 260 g/mol. The van der Waals surface area contributed by atoms with E-state index in [1.165, 1.54) is 0 Å². The van der Waals surface area contributed by atoms with E-state index < -0.39 is 0 Å². The van der Waals surface area contributed by atoms with E-state index in [1.54, 1.807) is 6.20 Å². The highest BCUT2D eigenvalue weighted by Gasteiger charge is 2.33. The Morgan fingerprint density at radius 2 is 2.05 bits per heavy atom. The zero-order valence-electron chi connectivity index (χ0n) is 11.7. The maximum absolute atomic E-state index is 5.89. The molecule has 0 saturated carbocycles. The fourth-order valence-corrected chi connectivity index (χ4v) is 2.13. The highest BCUT2D eigenvalue weighted by atomic mass is 16.5. The van der Waals surface area contributed by atoms with E-state index in [9.17, 15) is 0 Å². The van der Waals surface area contributed by atoms with Gasteiger partial charge in [0, 0.05) is 12.7 Å². The van der Waals surface area contributed by atoms with Gasteiger partial charge in [-0.3, -0.25) is 4.98 Å². The van der Waals surface area contributed by atoms with Crippen LogP contribution in [0.15, 0.2) is 22.9 Å². The van der Waals surface area contributed by atoms with Crippen molar-refractivity contribution in [1.29, 1.82) is 0 Å². The largest absolute Gasteiger partial charge is 0.338 e. The van der Waals surface area contributed by atoms with Gasteiger partial charge in [-0.2, -0.15) is 4.98 Å². The second kappa shape index (κ2) is 5.48. The third-order valence-electron chi connectivity index (χ3n) is 3.77. The van der Waals surface area contributed by atoms with Crippen molar-refractivity contribution in [1.82, 2.24) is 15.1 Å². The van der Waals surface area contributed by atoms with Crippen LogP contribution in [0.4, 0.5) is 0 Å². The van der Waals surface area contributed by atoms with Crippen molar-refractivity contribution in [3.05, 3.63) is 29.8 Å². The standard InChI is InChI=1S/C14H20N4O/c1-4-14(5-2,9-15)13-17-12(18-19-13)11-8-10(3)6-7-16-11/h6-8H,4-5,9,15H2,1-3H3. The summed E-state index contributed by atoms with van der Waals surface area (Å²) in [4.78, 5) is 8.75. The van der Waals surface area contributed by atoms with Crippen LogP contribution in [0.5, 0.6) is 0 Å². The molecule has 2 N–H and O–H groups in total. The van der Waals surface area contributed by atoms with E-state index >= 15 is 0 Å². The van der Waals surface area contributed by atoms with E-state index in [-0.39, 0.29) is 5.41 Å². The average molecular weight is 260 g/mol. The van der Waals surface area contributed by atoms with Gasteiger partial charge < -0.3 is 10.3 Å².